The fourth-order valence-electron chi connectivity index (χ4n) is 3.66. The lowest BCUT2D eigenvalue weighted by molar-refractivity contribution is -0.136. The number of aromatic hydroxyl groups is 1. The number of phenols is 1. The number of allylic oxidation sites excluding steroid dienone is 1. The zero-order valence-corrected chi connectivity index (χ0v) is 18.5. The molecule has 0 fully saturated rings. The highest BCUT2D eigenvalue weighted by molar-refractivity contribution is 14.1. The van der Waals surface area contributed by atoms with Crippen molar-refractivity contribution in [1.29, 1.82) is 0 Å². The number of aryl methyl sites for hydroxylation is 1. The van der Waals surface area contributed by atoms with E-state index in [1.54, 1.807) is 24.3 Å². The molecule has 1 aliphatic heterocycles. The van der Waals surface area contributed by atoms with Crippen LogP contribution in [0.4, 0.5) is 14.5 Å². The molecule has 4 rings (SSSR count). The molecule has 0 bridgehead atoms. The number of hydrogen-bond acceptors (Lipinski definition) is 4. The highest BCUT2D eigenvalue weighted by Crippen LogP contribution is 2.46. The van der Waals surface area contributed by atoms with Gasteiger partial charge in [-0.2, -0.15) is 8.78 Å². The van der Waals surface area contributed by atoms with Gasteiger partial charge in [0.05, 0.1) is 4.43 Å². The number of fused-ring (bicyclic) bond motifs is 2. The Hall–Kier alpha value is -2.88. The van der Waals surface area contributed by atoms with E-state index in [0.29, 0.717) is 28.0 Å². The minimum atomic E-state index is -3.51. The number of carbonyl (C=O) groups excluding carboxylic acids is 1. The number of rotatable bonds is 4. The topological polar surface area (TPSA) is 78.8 Å². The average molecular weight is 537 g/mol. The van der Waals surface area contributed by atoms with Gasteiger partial charge in [-0.3, -0.25) is 4.79 Å². The van der Waals surface area contributed by atoms with Crippen LogP contribution in [-0.2, 0) is 4.79 Å². The summed E-state index contributed by atoms with van der Waals surface area (Å²) in [5.41, 5.74) is 3.55. The Kier molecular flexibility index (Phi) is 5.50. The van der Waals surface area contributed by atoms with E-state index in [9.17, 15) is 23.8 Å². The number of amides is 1. The van der Waals surface area contributed by atoms with Gasteiger partial charge in [0.1, 0.15) is 23.4 Å². The maximum absolute atomic E-state index is 14.0. The lowest BCUT2D eigenvalue weighted by Gasteiger charge is -2.31. The molecule has 5 nitrogen and oxygen atoms in total. The summed E-state index contributed by atoms with van der Waals surface area (Å²) in [7, 11) is 0. The third-order valence-corrected chi connectivity index (χ3v) is 6.07. The van der Waals surface area contributed by atoms with Gasteiger partial charge in [-0.25, -0.2) is 0 Å². The third-order valence-electron chi connectivity index (χ3n) is 5.11. The minimum Gasteiger partial charge on any atom is -0.508 e. The molecule has 1 heterocycles. The Bertz CT molecular complexity index is 1170. The molecular formula is C23H18F2INO4. The molecular weight excluding hydrogens is 519 g/mol. The molecule has 1 unspecified atom stereocenters. The van der Waals surface area contributed by atoms with Crippen molar-refractivity contribution < 1.29 is 28.5 Å². The van der Waals surface area contributed by atoms with Gasteiger partial charge in [0, 0.05) is 40.1 Å². The summed E-state index contributed by atoms with van der Waals surface area (Å²) in [6.07, 6.45) is 4.08. The Balaban J connectivity index is 1.94. The SMILES string of the molecule is Cc1cccc(NC(=O)C(F)(F)CI)c1C1=C2C=CC(O)=CC2Oc2cc(O)ccc21. The Labute approximate surface area is 190 Å². The Morgan fingerprint density at radius 1 is 1.23 bits per heavy atom. The van der Waals surface area contributed by atoms with Crippen LogP contribution in [0.2, 0.25) is 0 Å². The van der Waals surface area contributed by atoms with Gasteiger partial charge in [0.2, 0.25) is 0 Å². The minimum absolute atomic E-state index is 0.00102. The number of aliphatic hydroxyl groups is 1. The van der Waals surface area contributed by atoms with Crippen LogP contribution >= 0.6 is 22.6 Å². The van der Waals surface area contributed by atoms with Crippen LogP contribution in [0.5, 0.6) is 11.5 Å². The molecule has 160 valence electrons. The van der Waals surface area contributed by atoms with Crippen molar-refractivity contribution in [3.8, 4) is 11.5 Å². The number of hydrogen-bond donors (Lipinski definition) is 3. The molecule has 0 radical (unpaired) electrons. The smallest absolute Gasteiger partial charge is 0.333 e. The first-order valence-electron chi connectivity index (χ1n) is 9.39. The molecule has 2 aliphatic rings. The van der Waals surface area contributed by atoms with E-state index in [2.05, 4.69) is 5.32 Å². The number of halogens is 3. The molecule has 2 aromatic carbocycles. The van der Waals surface area contributed by atoms with E-state index < -0.39 is 22.4 Å². The molecule has 1 atom stereocenters. The van der Waals surface area contributed by atoms with Crippen molar-refractivity contribution in [3.05, 3.63) is 82.6 Å². The van der Waals surface area contributed by atoms with E-state index in [1.165, 1.54) is 46.9 Å². The van der Waals surface area contributed by atoms with E-state index in [-0.39, 0.29) is 17.2 Å². The molecule has 31 heavy (non-hydrogen) atoms. The van der Waals surface area contributed by atoms with Crippen molar-refractivity contribution in [1.82, 2.24) is 0 Å². The van der Waals surface area contributed by atoms with Gasteiger partial charge in [0.15, 0.2) is 0 Å². The van der Waals surface area contributed by atoms with E-state index in [4.69, 9.17) is 4.74 Å². The number of ether oxygens (including phenoxy) is 1. The van der Waals surface area contributed by atoms with Crippen molar-refractivity contribution in [2.75, 3.05) is 9.74 Å². The second-order valence-corrected chi connectivity index (χ2v) is 8.03. The number of carbonyl (C=O) groups is 1. The number of aliphatic hydroxyl groups excluding tert-OH is 1. The molecule has 0 saturated heterocycles. The fraction of sp³-hybridized carbons (Fsp3) is 0.174. The number of anilines is 1. The van der Waals surface area contributed by atoms with Crippen molar-refractivity contribution in [2.24, 2.45) is 0 Å². The normalized spacial score (nSPS) is 17.4. The molecule has 0 saturated carbocycles. The zero-order chi connectivity index (χ0) is 22.3. The van der Waals surface area contributed by atoms with Gasteiger partial charge < -0.3 is 20.3 Å². The highest BCUT2D eigenvalue weighted by Gasteiger charge is 2.38. The lowest BCUT2D eigenvalue weighted by Crippen LogP contribution is -2.36. The summed E-state index contributed by atoms with van der Waals surface area (Å²) in [5.74, 6) is -4.50. The van der Waals surface area contributed by atoms with Gasteiger partial charge >= 0.3 is 5.92 Å². The monoisotopic (exact) mass is 537 g/mol. The zero-order valence-electron chi connectivity index (χ0n) is 16.3. The first-order valence-corrected chi connectivity index (χ1v) is 10.9. The standard InChI is InChI=1S/C23H18F2INO4/c1-12-3-2-4-17(27-22(30)23(24,25)11-26)20(12)21-15-7-5-13(28)9-18(15)31-19-10-14(29)6-8-16(19)21/h2-10,18,28-29H,11H2,1H3,(H,27,30). The predicted octanol–water partition coefficient (Wildman–Crippen LogP) is 5.28. The second kappa shape index (κ2) is 7.99. The molecule has 8 heteroatoms. The van der Waals surface area contributed by atoms with Gasteiger partial charge in [0.25, 0.3) is 5.91 Å². The van der Waals surface area contributed by atoms with Crippen molar-refractivity contribution >= 4 is 39.8 Å². The highest BCUT2D eigenvalue weighted by atomic mass is 127. The lowest BCUT2D eigenvalue weighted by atomic mass is 9.83. The Morgan fingerprint density at radius 2 is 2.00 bits per heavy atom. The maximum Gasteiger partial charge on any atom is 0.333 e. The maximum atomic E-state index is 14.0. The summed E-state index contributed by atoms with van der Waals surface area (Å²) >= 11 is 1.48. The first kappa shape index (κ1) is 21.4. The van der Waals surface area contributed by atoms with Gasteiger partial charge in [-0.05, 0) is 36.8 Å². The number of benzene rings is 2. The number of nitrogens with one attached hydrogen (secondary N) is 1. The van der Waals surface area contributed by atoms with E-state index >= 15 is 0 Å². The molecule has 0 spiro atoms. The van der Waals surface area contributed by atoms with Crippen LogP contribution in [-0.4, -0.2) is 32.6 Å². The van der Waals surface area contributed by atoms with Crippen LogP contribution in [0.15, 0.2) is 66.0 Å². The summed E-state index contributed by atoms with van der Waals surface area (Å²) < 4.78 is 33.3. The molecule has 0 aromatic heterocycles. The summed E-state index contributed by atoms with van der Waals surface area (Å²) in [6.45, 7) is 1.82. The Morgan fingerprint density at radius 3 is 2.74 bits per heavy atom. The van der Waals surface area contributed by atoms with Gasteiger partial charge in [-0.1, -0.05) is 40.8 Å². The third kappa shape index (κ3) is 3.91. The van der Waals surface area contributed by atoms with Crippen LogP contribution in [0.1, 0.15) is 16.7 Å². The largest absolute Gasteiger partial charge is 0.508 e. The van der Waals surface area contributed by atoms with Crippen LogP contribution in [0, 0.1) is 6.92 Å². The fourth-order valence-corrected chi connectivity index (χ4v) is 4.00. The number of alkyl halides is 3. The summed E-state index contributed by atoms with van der Waals surface area (Å²) in [5, 5.41) is 22.2. The van der Waals surface area contributed by atoms with Crippen LogP contribution < -0.4 is 10.1 Å². The predicted molar refractivity (Wildman–Crippen MR) is 122 cm³/mol. The van der Waals surface area contributed by atoms with Gasteiger partial charge in [-0.15, -0.1) is 0 Å². The summed E-state index contributed by atoms with van der Waals surface area (Å²) in [4.78, 5) is 12.2. The quantitative estimate of drug-likeness (QED) is 0.366. The van der Waals surface area contributed by atoms with E-state index in [1.807, 2.05) is 13.0 Å². The molecule has 2 aromatic rings. The van der Waals surface area contributed by atoms with E-state index in [0.717, 1.165) is 5.56 Å². The van der Waals surface area contributed by atoms with Crippen LogP contribution in [0.25, 0.3) is 5.57 Å². The second-order valence-electron chi connectivity index (χ2n) is 7.26. The first-order chi connectivity index (χ1) is 14.7. The molecule has 3 N–H and O–H groups in total. The van der Waals surface area contributed by atoms with Crippen LogP contribution in [0.3, 0.4) is 0 Å². The van der Waals surface area contributed by atoms with Crippen molar-refractivity contribution in [2.45, 2.75) is 19.0 Å². The van der Waals surface area contributed by atoms with Crippen molar-refractivity contribution in [3.63, 3.8) is 0 Å². The average Bonchev–Trinajstić information content (AvgIpc) is 2.72. The molecule has 1 amide bonds. The number of phenolic OH excluding ortho intramolecular Hbond substituents is 1. The summed E-state index contributed by atoms with van der Waals surface area (Å²) in [6, 6.07) is 9.70. The molecule has 1 aliphatic carbocycles.